The molecule has 372 valence electrons. The number of carbonyl (C=O) groups is 2. The van der Waals surface area contributed by atoms with Crippen molar-refractivity contribution in [3.63, 3.8) is 0 Å². The van der Waals surface area contributed by atoms with Crippen LogP contribution in [0.4, 0.5) is 0 Å². The Labute approximate surface area is 398 Å². The molecule has 0 amide bonds. The summed E-state index contributed by atoms with van der Waals surface area (Å²) in [6.45, 7) is 4.03. The molecule has 0 fully saturated rings. The lowest BCUT2D eigenvalue weighted by Crippen LogP contribution is -2.28. The molecule has 0 bridgehead atoms. The monoisotopic (exact) mass is 895 g/mol. The Morgan fingerprint density at radius 1 is 0.375 bits per heavy atom. The van der Waals surface area contributed by atoms with Crippen LogP contribution in [0.25, 0.3) is 0 Å². The van der Waals surface area contributed by atoms with E-state index in [0.717, 1.165) is 77.0 Å². The van der Waals surface area contributed by atoms with Crippen molar-refractivity contribution in [1.29, 1.82) is 0 Å². The van der Waals surface area contributed by atoms with Gasteiger partial charge in [0.25, 0.3) is 0 Å². The van der Waals surface area contributed by atoms with Gasteiger partial charge in [0.05, 0.1) is 6.61 Å². The van der Waals surface area contributed by atoms with Gasteiger partial charge in [-0.05, 0) is 57.8 Å². The number of aliphatic hydroxyl groups is 1. The molecule has 0 aromatic rings. The van der Waals surface area contributed by atoms with E-state index in [1.807, 2.05) is 0 Å². The number of ether oxygens (including phenoxy) is 2. The molecule has 0 aliphatic rings. The van der Waals surface area contributed by atoms with Gasteiger partial charge < -0.3 is 14.6 Å². The Hall–Kier alpha value is -2.40. The second-order valence-corrected chi connectivity index (χ2v) is 18.6. The second kappa shape index (κ2) is 54.9. The fraction of sp³-hybridized carbons (Fsp3) is 0.797. The lowest BCUT2D eigenvalue weighted by Gasteiger charge is -2.15. The first-order valence-corrected chi connectivity index (χ1v) is 27.8. The SMILES string of the molecule is CC/C=C\C/C=C\C/C=C\C/C=C\C/C=C\CCCCCC(=O)OC(CO)COC(=O)CCCCCCCCCCCCCCCCCCCCCCCCCCCCCCCCC. The van der Waals surface area contributed by atoms with E-state index in [-0.39, 0.29) is 25.2 Å². The predicted molar refractivity (Wildman–Crippen MR) is 279 cm³/mol. The van der Waals surface area contributed by atoms with Crippen LogP contribution >= 0.6 is 0 Å². The molecular weight excluding hydrogens is 789 g/mol. The molecule has 0 rings (SSSR count). The third kappa shape index (κ3) is 52.2. The van der Waals surface area contributed by atoms with Gasteiger partial charge in [-0.1, -0.05) is 274 Å². The molecule has 64 heavy (non-hydrogen) atoms. The molecule has 1 atom stereocenters. The highest BCUT2D eigenvalue weighted by Gasteiger charge is 2.16. The first-order chi connectivity index (χ1) is 31.6. The lowest BCUT2D eigenvalue weighted by atomic mass is 10.0. The molecule has 1 N–H and O–H groups in total. The molecule has 0 aliphatic carbocycles. The number of unbranched alkanes of at least 4 members (excludes halogenated alkanes) is 33. The molecular formula is C59H106O5. The fourth-order valence-corrected chi connectivity index (χ4v) is 8.17. The van der Waals surface area contributed by atoms with Crippen LogP contribution in [0.1, 0.15) is 284 Å². The Balaban J connectivity index is 3.46. The molecule has 5 nitrogen and oxygen atoms in total. The summed E-state index contributed by atoms with van der Waals surface area (Å²) in [7, 11) is 0. The van der Waals surface area contributed by atoms with Crippen molar-refractivity contribution in [3.8, 4) is 0 Å². The van der Waals surface area contributed by atoms with Gasteiger partial charge in [-0.15, -0.1) is 0 Å². The Morgan fingerprint density at radius 3 is 1.02 bits per heavy atom. The van der Waals surface area contributed by atoms with Crippen molar-refractivity contribution >= 4 is 11.9 Å². The smallest absolute Gasteiger partial charge is 0.306 e. The molecule has 0 saturated heterocycles. The topological polar surface area (TPSA) is 72.8 Å². The molecule has 0 heterocycles. The summed E-state index contributed by atoms with van der Waals surface area (Å²) in [5, 5.41) is 9.63. The van der Waals surface area contributed by atoms with E-state index >= 15 is 0 Å². The van der Waals surface area contributed by atoms with Crippen LogP contribution in [0.2, 0.25) is 0 Å². The normalized spacial score (nSPS) is 12.6. The van der Waals surface area contributed by atoms with Gasteiger partial charge in [0, 0.05) is 12.8 Å². The van der Waals surface area contributed by atoms with Gasteiger partial charge in [-0.25, -0.2) is 0 Å². The zero-order valence-corrected chi connectivity index (χ0v) is 42.5. The van der Waals surface area contributed by atoms with Gasteiger partial charge in [0.15, 0.2) is 6.10 Å². The number of carbonyl (C=O) groups excluding carboxylic acids is 2. The summed E-state index contributed by atoms with van der Waals surface area (Å²) >= 11 is 0. The number of rotatable bonds is 51. The maximum absolute atomic E-state index is 12.3. The number of hydrogen-bond donors (Lipinski definition) is 1. The Bertz CT molecular complexity index is 1100. The van der Waals surface area contributed by atoms with Gasteiger partial charge in [-0.2, -0.15) is 0 Å². The quantitative estimate of drug-likeness (QED) is 0.0374. The average Bonchev–Trinajstić information content (AvgIpc) is 3.30. The van der Waals surface area contributed by atoms with E-state index < -0.39 is 6.10 Å². The van der Waals surface area contributed by atoms with Crippen LogP contribution in [0, 0.1) is 0 Å². The molecule has 0 aromatic heterocycles. The van der Waals surface area contributed by atoms with E-state index in [1.54, 1.807) is 0 Å². The van der Waals surface area contributed by atoms with E-state index in [2.05, 4.69) is 74.6 Å². The van der Waals surface area contributed by atoms with E-state index in [4.69, 9.17) is 9.47 Å². The van der Waals surface area contributed by atoms with Crippen molar-refractivity contribution in [2.24, 2.45) is 0 Å². The van der Waals surface area contributed by atoms with Crippen LogP contribution in [0.15, 0.2) is 60.8 Å². The summed E-state index contributed by atoms with van der Waals surface area (Å²) in [5.74, 6) is -0.619. The minimum absolute atomic E-state index is 0.0786. The Kier molecular flexibility index (Phi) is 52.9. The van der Waals surface area contributed by atoms with Crippen molar-refractivity contribution in [3.05, 3.63) is 60.8 Å². The van der Waals surface area contributed by atoms with Crippen LogP contribution in [-0.2, 0) is 19.1 Å². The summed E-state index contributed by atoms with van der Waals surface area (Å²) in [6.07, 6.45) is 73.5. The van der Waals surface area contributed by atoms with Gasteiger partial charge in [0.1, 0.15) is 6.61 Å². The van der Waals surface area contributed by atoms with E-state index in [9.17, 15) is 14.7 Å². The predicted octanol–water partition coefficient (Wildman–Crippen LogP) is 18.6. The van der Waals surface area contributed by atoms with Crippen LogP contribution in [-0.4, -0.2) is 36.4 Å². The van der Waals surface area contributed by atoms with Crippen LogP contribution in [0.3, 0.4) is 0 Å². The minimum Gasteiger partial charge on any atom is -0.462 e. The van der Waals surface area contributed by atoms with Gasteiger partial charge >= 0.3 is 11.9 Å². The molecule has 0 aromatic carbocycles. The third-order valence-electron chi connectivity index (χ3n) is 12.3. The first kappa shape index (κ1) is 61.6. The largest absolute Gasteiger partial charge is 0.462 e. The number of hydrogen-bond acceptors (Lipinski definition) is 5. The van der Waals surface area contributed by atoms with E-state index in [1.165, 1.54) is 180 Å². The highest BCUT2D eigenvalue weighted by molar-refractivity contribution is 5.70. The van der Waals surface area contributed by atoms with Crippen molar-refractivity contribution in [1.82, 2.24) is 0 Å². The zero-order chi connectivity index (χ0) is 46.3. The first-order valence-electron chi connectivity index (χ1n) is 27.8. The van der Waals surface area contributed by atoms with Gasteiger partial charge in [0.2, 0.25) is 0 Å². The average molecular weight is 895 g/mol. The molecule has 0 radical (unpaired) electrons. The summed E-state index contributed by atoms with van der Waals surface area (Å²) in [6, 6.07) is 0. The fourth-order valence-electron chi connectivity index (χ4n) is 8.17. The van der Waals surface area contributed by atoms with Crippen molar-refractivity contribution in [2.75, 3.05) is 13.2 Å². The highest BCUT2D eigenvalue weighted by Crippen LogP contribution is 2.17. The second-order valence-electron chi connectivity index (χ2n) is 18.6. The minimum atomic E-state index is -0.791. The van der Waals surface area contributed by atoms with Gasteiger partial charge in [-0.3, -0.25) is 9.59 Å². The maximum Gasteiger partial charge on any atom is 0.306 e. The number of allylic oxidation sites excluding steroid dienone is 10. The molecule has 0 aliphatic heterocycles. The summed E-state index contributed by atoms with van der Waals surface area (Å²) < 4.78 is 10.7. The van der Waals surface area contributed by atoms with Crippen LogP contribution in [0.5, 0.6) is 0 Å². The molecule has 5 heteroatoms. The number of esters is 2. The van der Waals surface area contributed by atoms with Crippen molar-refractivity contribution in [2.45, 2.75) is 290 Å². The number of aliphatic hydroxyl groups excluding tert-OH is 1. The summed E-state index contributed by atoms with van der Waals surface area (Å²) in [5.41, 5.74) is 0. The molecule has 1 unspecified atom stereocenters. The third-order valence-corrected chi connectivity index (χ3v) is 12.3. The standard InChI is InChI=1S/C59H106O5/c1-3-5-7-9-11-13-15-17-19-21-23-24-25-26-27-28-29-30-31-32-33-34-36-37-39-41-43-45-47-49-51-53-58(61)63-56-57(55-60)64-59(62)54-52-50-48-46-44-42-40-38-35-22-20-18-16-14-12-10-8-6-4-2/h6,8,12,14,18,20,35,38,42,44,57,60H,3-5,7,9-11,13,15-17,19,21-34,36-37,39-41,43,45-56H2,1-2H3/b8-6-,14-12-,20-18-,38-35-,44-42-. The van der Waals surface area contributed by atoms with E-state index in [0.29, 0.717) is 12.8 Å². The zero-order valence-electron chi connectivity index (χ0n) is 42.5. The summed E-state index contributed by atoms with van der Waals surface area (Å²) in [4.78, 5) is 24.5. The molecule has 0 spiro atoms. The molecule has 0 saturated carbocycles. The maximum atomic E-state index is 12.3. The Morgan fingerprint density at radius 2 is 0.672 bits per heavy atom. The lowest BCUT2D eigenvalue weighted by molar-refractivity contribution is -0.161. The highest BCUT2D eigenvalue weighted by atomic mass is 16.6. The van der Waals surface area contributed by atoms with Crippen LogP contribution < -0.4 is 0 Å². The van der Waals surface area contributed by atoms with Crippen molar-refractivity contribution < 1.29 is 24.2 Å².